The van der Waals surface area contributed by atoms with Crippen LogP contribution in [0.4, 0.5) is 16.2 Å². The van der Waals surface area contributed by atoms with Crippen LogP contribution in [0.15, 0.2) is 23.1 Å². The number of cyclic esters (lactones) is 1. The molecule has 1 heterocycles. The largest absolute Gasteiger partial charge is 0.447 e. The van der Waals surface area contributed by atoms with Crippen LogP contribution in [0.25, 0.3) is 0 Å². The van der Waals surface area contributed by atoms with Gasteiger partial charge in [0.25, 0.3) is 5.69 Å². The highest BCUT2D eigenvalue weighted by atomic mass is 32.2. The molecule has 19 heavy (non-hydrogen) atoms. The fourth-order valence-corrected chi connectivity index (χ4v) is 2.20. The lowest BCUT2D eigenvalue weighted by Gasteiger charge is -2.13. The molecule has 1 fully saturated rings. The van der Waals surface area contributed by atoms with Crippen LogP contribution < -0.4 is 10.0 Å². The molecule has 1 aliphatic rings. The molecule has 1 aliphatic heterocycles. The van der Waals surface area contributed by atoms with E-state index in [1.54, 1.807) is 0 Å². The van der Waals surface area contributed by atoms with E-state index in [1.165, 1.54) is 0 Å². The van der Waals surface area contributed by atoms with Crippen LogP contribution in [0, 0.1) is 10.1 Å². The Kier molecular flexibility index (Phi) is 3.12. The van der Waals surface area contributed by atoms with E-state index in [2.05, 4.69) is 4.74 Å². The second kappa shape index (κ2) is 4.48. The van der Waals surface area contributed by atoms with E-state index >= 15 is 0 Å². The number of benzene rings is 1. The van der Waals surface area contributed by atoms with Crippen LogP contribution in [-0.4, -0.2) is 32.6 Å². The second-order valence-electron chi connectivity index (χ2n) is 3.72. The van der Waals surface area contributed by atoms with Gasteiger partial charge in [-0.05, 0) is 12.1 Å². The van der Waals surface area contributed by atoms with Crippen LogP contribution >= 0.6 is 0 Å². The Balaban J connectivity index is 2.56. The van der Waals surface area contributed by atoms with Crippen molar-refractivity contribution in [3.05, 3.63) is 28.3 Å². The first-order valence-electron chi connectivity index (χ1n) is 5.06. The van der Waals surface area contributed by atoms with Gasteiger partial charge in [-0.15, -0.1) is 0 Å². The van der Waals surface area contributed by atoms with Gasteiger partial charge in [0.1, 0.15) is 12.3 Å². The monoisotopic (exact) mass is 287 g/mol. The van der Waals surface area contributed by atoms with Gasteiger partial charge in [-0.25, -0.2) is 18.4 Å². The molecule has 1 amide bonds. The van der Waals surface area contributed by atoms with Crippen molar-refractivity contribution < 1.29 is 22.9 Å². The molecule has 2 rings (SSSR count). The fraction of sp³-hybridized carbons (Fsp3) is 0.222. The average Bonchev–Trinajstić information content (AvgIpc) is 2.73. The molecule has 10 heteroatoms. The summed E-state index contributed by atoms with van der Waals surface area (Å²) in [5, 5.41) is 15.9. The Labute approximate surface area is 107 Å². The SMILES string of the molecule is NS(=O)(=O)c1ccc(N2CCOC2=O)c([N+](=O)[O-])c1. The molecule has 0 aromatic heterocycles. The minimum Gasteiger partial charge on any atom is -0.447 e. The van der Waals surface area contributed by atoms with Crippen molar-refractivity contribution in [2.75, 3.05) is 18.1 Å². The van der Waals surface area contributed by atoms with Crippen LogP contribution in [0.5, 0.6) is 0 Å². The number of primary sulfonamides is 1. The number of hydrogen-bond acceptors (Lipinski definition) is 6. The highest BCUT2D eigenvalue weighted by Gasteiger charge is 2.30. The topological polar surface area (TPSA) is 133 Å². The van der Waals surface area contributed by atoms with Gasteiger partial charge in [-0.2, -0.15) is 0 Å². The van der Waals surface area contributed by atoms with E-state index in [4.69, 9.17) is 5.14 Å². The first-order chi connectivity index (χ1) is 8.80. The van der Waals surface area contributed by atoms with E-state index in [-0.39, 0.29) is 18.8 Å². The number of carbonyl (C=O) groups is 1. The fourth-order valence-electron chi connectivity index (χ4n) is 1.67. The van der Waals surface area contributed by atoms with E-state index < -0.39 is 31.6 Å². The van der Waals surface area contributed by atoms with Gasteiger partial charge in [-0.1, -0.05) is 0 Å². The van der Waals surface area contributed by atoms with Gasteiger partial charge in [-0.3, -0.25) is 15.0 Å². The van der Waals surface area contributed by atoms with Gasteiger partial charge < -0.3 is 4.74 Å². The maximum absolute atomic E-state index is 11.4. The maximum atomic E-state index is 11.4. The lowest BCUT2D eigenvalue weighted by atomic mass is 10.2. The number of nitrogens with two attached hydrogens (primary N) is 1. The van der Waals surface area contributed by atoms with E-state index in [0.717, 1.165) is 23.1 Å². The van der Waals surface area contributed by atoms with Crippen molar-refractivity contribution in [2.45, 2.75) is 4.90 Å². The number of ether oxygens (including phenoxy) is 1. The number of rotatable bonds is 3. The van der Waals surface area contributed by atoms with Crippen LogP contribution in [0.3, 0.4) is 0 Å². The minimum atomic E-state index is -4.05. The van der Waals surface area contributed by atoms with Crippen LogP contribution in [0.1, 0.15) is 0 Å². The first-order valence-corrected chi connectivity index (χ1v) is 6.61. The zero-order valence-corrected chi connectivity index (χ0v) is 10.3. The summed E-state index contributed by atoms with van der Waals surface area (Å²) >= 11 is 0. The summed E-state index contributed by atoms with van der Waals surface area (Å²) in [7, 11) is -4.05. The molecule has 1 saturated heterocycles. The first kappa shape index (κ1) is 13.2. The summed E-state index contributed by atoms with van der Waals surface area (Å²) in [6.45, 7) is 0.279. The summed E-state index contributed by atoms with van der Waals surface area (Å²) in [5.74, 6) is 0. The van der Waals surface area contributed by atoms with Crippen molar-refractivity contribution in [1.82, 2.24) is 0 Å². The lowest BCUT2D eigenvalue weighted by molar-refractivity contribution is -0.384. The third-order valence-electron chi connectivity index (χ3n) is 2.52. The van der Waals surface area contributed by atoms with Crippen LogP contribution in [0.2, 0.25) is 0 Å². The Morgan fingerprint density at radius 1 is 1.42 bits per heavy atom. The molecular formula is C9H9N3O6S. The number of nitro groups is 1. The molecule has 0 atom stereocenters. The van der Waals surface area contributed by atoms with Crippen molar-refractivity contribution in [2.24, 2.45) is 5.14 Å². The quantitative estimate of drug-likeness (QED) is 0.623. The minimum absolute atomic E-state index is 0.0279. The summed E-state index contributed by atoms with van der Waals surface area (Å²) in [5.41, 5.74) is -0.551. The molecule has 1 aromatic rings. The van der Waals surface area contributed by atoms with Crippen molar-refractivity contribution >= 4 is 27.5 Å². The summed E-state index contributed by atoms with van der Waals surface area (Å²) in [4.78, 5) is 22.2. The summed E-state index contributed by atoms with van der Waals surface area (Å²) < 4.78 is 27.0. The predicted molar refractivity (Wildman–Crippen MR) is 63.2 cm³/mol. The number of nitro benzene ring substituents is 1. The lowest BCUT2D eigenvalue weighted by Crippen LogP contribution is -2.24. The Bertz CT molecular complexity index is 656. The number of anilines is 1. The summed E-state index contributed by atoms with van der Waals surface area (Å²) in [6, 6.07) is 3.07. The maximum Gasteiger partial charge on any atom is 0.414 e. The molecule has 2 N–H and O–H groups in total. The average molecular weight is 287 g/mol. The molecular weight excluding hydrogens is 278 g/mol. The smallest absolute Gasteiger partial charge is 0.414 e. The zero-order valence-electron chi connectivity index (χ0n) is 9.48. The van der Waals surface area contributed by atoms with Crippen molar-refractivity contribution in [3.8, 4) is 0 Å². The summed E-state index contributed by atoms with van der Waals surface area (Å²) in [6.07, 6.45) is -0.716. The van der Waals surface area contributed by atoms with E-state index in [9.17, 15) is 23.3 Å². The van der Waals surface area contributed by atoms with E-state index in [1.807, 2.05) is 0 Å². The Morgan fingerprint density at radius 3 is 2.58 bits per heavy atom. The van der Waals surface area contributed by atoms with Gasteiger partial charge in [0, 0.05) is 6.07 Å². The molecule has 0 spiro atoms. The standard InChI is InChI=1S/C9H9N3O6S/c10-19(16,17)6-1-2-7(8(5-6)12(14)15)11-3-4-18-9(11)13/h1-2,5H,3-4H2,(H2,10,16,17). The molecule has 0 saturated carbocycles. The third kappa shape index (κ3) is 2.48. The molecule has 102 valence electrons. The molecule has 0 aliphatic carbocycles. The number of carbonyl (C=O) groups excluding carboxylic acids is 1. The number of amides is 1. The van der Waals surface area contributed by atoms with Gasteiger partial charge in [0.2, 0.25) is 10.0 Å². The van der Waals surface area contributed by atoms with Gasteiger partial charge in [0.05, 0.1) is 16.4 Å². The Morgan fingerprint density at radius 2 is 2.11 bits per heavy atom. The highest BCUT2D eigenvalue weighted by Crippen LogP contribution is 2.32. The van der Waals surface area contributed by atoms with Crippen molar-refractivity contribution in [3.63, 3.8) is 0 Å². The van der Waals surface area contributed by atoms with Crippen molar-refractivity contribution in [1.29, 1.82) is 0 Å². The molecule has 0 radical (unpaired) electrons. The predicted octanol–water partition coefficient (Wildman–Crippen LogP) is 0.199. The second-order valence-corrected chi connectivity index (χ2v) is 5.28. The molecule has 1 aromatic carbocycles. The molecule has 0 unspecified atom stereocenters. The molecule has 0 bridgehead atoms. The highest BCUT2D eigenvalue weighted by molar-refractivity contribution is 7.89. The van der Waals surface area contributed by atoms with Gasteiger partial charge >= 0.3 is 6.09 Å². The Hall–Kier alpha value is -2.20. The van der Waals surface area contributed by atoms with Gasteiger partial charge in [0.15, 0.2) is 0 Å². The zero-order chi connectivity index (χ0) is 14.2. The number of sulfonamides is 1. The number of hydrogen-bond donors (Lipinski definition) is 1. The normalized spacial score (nSPS) is 15.4. The van der Waals surface area contributed by atoms with Crippen LogP contribution in [-0.2, 0) is 14.8 Å². The third-order valence-corrected chi connectivity index (χ3v) is 3.43. The molecule has 9 nitrogen and oxygen atoms in total. The number of nitrogens with zero attached hydrogens (tertiary/aromatic N) is 2. The van der Waals surface area contributed by atoms with E-state index in [0.29, 0.717) is 0 Å².